The third kappa shape index (κ3) is 7.37. The van der Waals surface area contributed by atoms with Gasteiger partial charge in [0.2, 0.25) is 15.9 Å². The number of hydrogen-bond acceptors (Lipinski definition) is 7. The number of rotatable bonds is 11. The second-order valence-corrected chi connectivity index (χ2v) is 17.9. The first-order valence-corrected chi connectivity index (χ1v) is 21.4. The molecule has 0 saturated heterocycles. The van der Waals surface area contributed by atoms with Gasteiger partial charge in [-0.25, -0.2) is 35.4 Å². The van der Waals surface area contributed by atoms with Crippen LogP contribution in [0.1, 0.15) is 58.7 Å². The first kappa shape index (κ1) is 42.0. The SMILES string of the molecule is Cc1cc(F)ccc1-c1ccc2c(=O)n(-c3ccc(Cl)c4c(NS(C)(=O)=O)nn(C)c34)c([C@H](Cc3cc(F)cc(F)c3)NC(=O)Cn3nc(C(F)F)c4c3C(F)(F)[C@@H]3C[C@@H]43)nc2c1. The zero-order valence-electron chi connectivity index (χ0n) is 33.0. The van der Waals surface area contributed by atoms with Crippen LogP contribution in [0.3, 0.4) is 0 Å². The topological polar surface area (TPSA) is 146 Å². The Labute approximate surface area is 357 Å². The maximum absolute atomic E-state index is 15.5. The van der Waals surface area contributed by atoms with E-state index in [1.165, 1.54) is 54.2 Å². The lowest BCUT2D eigenvalue weighted by atomic mass is 9.99. The highest BCUT2D eigenvalue weighted by atomic mass is 35.5. The molecule has 7 aromatic rings. The minimum atomic E-state index is -3.93. The Morgan fingerprint density at radius 1 is 0.984 bits per heavy atom. The quantitative estimate of drug-likeness (QED) is 0.125. The Morgan fingerprint density at radius 3 is 2.40 bits per heavy atom. The average Bonchev–Trinajstić information content (AvgIpc) is 3.72. The Kier molecular flexibility index (Phi) is 9.96. The van der Waals surface area contributed by atoms with Crippen LogP contribution in [-0.4, -0.2) is 49.7 Å². The molecule has 0 bridgehead atoms. The standard InChI is InChI=1S/C42H32ClF7N8O4S/c1-18-10-21(44)5-7-24(18)20-4-6-25-29(14-20)52-40(58(41(25)60)31-9-8-28(43)34-36(31)56(2)54-39(34)55-63(3,61)62)30(13-19-11-22(45)15-23(46)12-19)51-32(59)17-57-37-33(35(53-57)38(47)48)26-16-27(26)42(37,49)50/h4-12,14-15,26-27,30,38H,13,16-17H2,1-3H3,(H,51,59)(H,54,55)/t26-,27-,30+/m1/s1. The summed E-state index contributed by atoms with van der Waals surface area (Å²) in [5.74, 6) is -9.66. The number of halogens is 8. The summed E-state index contributed by atoms with van der Waals surface area (Å²) in [5.41, 5.74) is -1.04. The van der Waals surface area contributed by atoms with Crippen LogP contribution in [0.5, 0.6) is 0 Å². The highest BCUT2D eigenvalue weighted by Gasteiger charge is 2.67. The number of carbonyl (C=O) groups is 1. The van der Waals surface area contributed by atoms with Crippen molar-refractivity contribution in [3.63, 3.8) is 0 Å². The van der Waals surface area contributed by atoms with Crippen molar-refractivity contribution in [2.45, 2.75) is 50.6 Å². The van der Waals surface area contributed by atoms with E-state index in [-0.39, 0.29) is 61.7 Å². The summed E-state index contributed by atoms with van der Waals surface area (Å²) in [6, 6.07) is 12.4. The van der Waals surface area contributed by atoms with E-state index in [0.29, 0.717) is 27.4 Å². The van der Waals surface area contributed by atoms with Gasteiger partial charge in [-0.2, -0.15) is 19.0 Å². The van der Waals surface area contributed by atoms with Crippen molar-refractivity contribution < 1.29 is 43.9 Å². The predicted octanol–water partition coefficient (Wildman–Crippen LogP) is 8.13. The van der Waals surface area contributed by atoms with Gasteiger partial charge >= 0.3 is 0 Å². The van der Waals surface area contributed by atoms with Gasteiger partial charge in [-0.15, -0.1) is 0 Å². The molecule has 3 heterocycles. The van der Waals surface area contributed by atoms with E-state index in [1.807, 2.05) is 0 Å². The predicted molar refractivity (Wildman–Crippen MR) is 218 cm³/mol. The lowest BCUT2D eigenvalue weighted by Gasteiger charge is -2.24. The normalized spacial score (nSPS) is 17.0. The minimum absolute atomic E-state index is 0.00573. The fraction of sp³-hybridized carbons (Fsp3) is 0.262. The highest BCUT2D eigenvalue weighted by molar-refractivity contribution is 7.92. The lowest BCUT2D eigenvalue weighted by molar-refractivity contribution is -0.123. The third-order valence-corrected chi connectivity index (χ3v) is 12.2. The molecule has 9 rings (SSSR count). The van der Waals surface area contributed by atoms with Crippen LogP contribution in [-0.2, 0) is 40.8 Å². The van der Waals surface area contributed by atoms with Gasteiger partial charge in [0.25, 0.3) is 17.9 Å². The maximum atomic E-state index is 15.5. The summed E-state index contributed by atoms with van der Waals surface area (Å²) in [6.45, 7) is 0.672. The number of nitrogens with one attached hydrogen (secondary N) is 2. The molecule has 1 amide bonds. The van der Waals surface area contributed by atoms with Gasteiger partial charge in [-0.1, -0.05) is 23.7 Å². The van der Waals surface area contributed by atoms with Gasteiger partial charge in [0.05, 0.1) is 44.8 Å². The van der Waals surface area contributed by atoms with Gasteiger partial charge in [-0.3, -0.25) is 28.2 Å². The van der Waals surface area contributed by atoms with Gasteiger partial charge in [0, 0.05) is 31.0 Å². The van der Waals surface area contributed by atoms with Crippen LogP contribution >= 0.6 is 11.6 Å². The number of aromatic nitrogens is 6. The van der Waals surface area contributed by atoms with Gasteiger partial charge in [0.15, 0.2) is 5.82 Å². The summed E-state index contributed by atoms with van der Waals surface area (Å²) in [4.78, 5) is 34.0. The van der Waals surface area contributed by atoms with Crippen molar-refractivity contribution in [3.05, 3.63) is 133 Å². The first-order valence-electron chi connectivity index (χ1n) is 19.2. The maximum Gasteiger partial charge on any atom is 0.293 e. The fourth-order valence-corrected chi connectivity index (χ4v) is 9.43. The first-order chi connectivity index (χ1) is 29.7. The number of amides is 1. The van der Waals surface area contributed by atoms with Gasteiger partial charge in [0.1, 0.15) is 41.2 Å². The molecule has 326 valence electrons. The van der Waals surface area contributed by atoms with E-state index >= 15 is 13.6 Å². The van der Waals surface area contributed by atoms with Crippen molar-refractivity contribution >= 4 is 55.2 Å². The zero-order chi connectivity index (χ0) is 45.0. The number of carbonyl (C=O) groups excluding carboxylic acids is 1. The molecular formula is C42H32ClF7N8O4S. The van der Waals surface area contributed by atoms with E-state index < -0.39 is 93.5 Å². The number of nitrogens with zero attached hydrogens (tertiary/aromatic N) is 6. The number of alkyl halides is 4. The van der Waals surface area contributed by atoms with Crippen molar-refractivity contribution in [2.75, 3.05) is 11.0 Å². The van der Waals surface area contributed by atoms with Crippen LogP contribution in [0, 0.1) is 30.3 Å². The molecule has 3 atom stereocenters. The Hall–Kier alpha value is -6.28. The molecule has 2 N–H and O–H groups in total. The number of fused-ring (bicyclic) bond motifs is 5. The van der Waals surface area contributed by atoms with E-state index in [0.717, 1.165) is 23.0 Å². The smallest absolute Gasteiger partial charge is 0.293 e. The van der Waals surface area contributed by atoms with Gasteiger partial charge in [-0.05, 0) is 90.0 Å². The van der Waals surface area contributed by atoms with Crippen LogP contribution in [0.2, 0.25) is 5.02 Å². The van der Waals surface area contributed by atoms with Crippen LogP contribution < -0.4 is 15.6 Å². The number of hydrogen-bond donors (Lipinski definition) is 2. The highest BCUT2D eigenvalue weighted by Crippen LogP contribution is 2.68. The molecule has 0 spiro atoms. The molecule has 3 aromatic heterocycles. The molecule has 12 nitrogen and oxygen atoms in total. The van der Waals surface area contributed by atoms with Crippen LogP contribution in [0.25, 0.3) is 38.6 Å². The molecule has 2 aliphatic carbocycles. The number of aryl methyl sites for hydroxylation is 2. The molecular weight excluding hydrogens is 881 g/mol. The monoisotopic (exact) mass is 912 g/mol. The second kappa shape index (κ2) is 14.9. The van der Waals surface area contributed by atoms with E-state index in [4.69, 9.17) is 16.6 Å². The molecule has 1 fully saturated rings. The lowest BCUT2D eigenvalue weighted by Crippen LogP contribution is -2.38. The second-order valence-electron chi connectivity index (χ2n) is 15.7. The van der Waals surface area contributed by atoms with Gasteiger partial charge < -0.3 is 5.32 Å². The zero-order valence-corrected chi connectivity index (χ0v) is 34.6. The summed E-state index contributed by atoms with van der Waals surface area (Å²) >= 11 is 6.62. The van der Waals surface area contributed by atoms with Crippen molar-refractivity contribution in [2.24, 2.45) is 13.0 Å². The Bertz CT molecular complexity index is 3240. The largest absolute Gasteiger partial charge is 0.344 e. The van der Waals surface area contributed by atoms with E-state index in [1.54, 1.807) is 13.0 Å². The number of benzene rings is 4. The minimum Gasteiger partial charge on any atom is -0.344 e. The van der Waals surface area contributed by atoms with E-state index in [9.17, 15) is 35.2 Å². The molecule has 4 aromatic carbocycles. The number of anilines is 1. The summed E-state index contributed by atoms with van der Waals surface area (Å²) in [7, 11) is -2.49. The van der Waals surface area contributed by atoms with Crippen molar-refractivity contribution in [1.82, 2.24) is 34.4 Å². The van der Waals surface area contributed by atoms with Crippen LogP contribution in [0.4, 0.5) is 36.6 Å². The molecule has 0 unspecified atom stereocenters. The molecule has 63 heavy (non-hydrogen) atoms. The Morgan fingerprint density at radius 2 is 1.71 bits per heavy atom. The van der Waals surface area contributed by atoms with Crippen LogP contribution in [0.15, 0.2) is 71.5 Å². The molecule has 0 aliphatic heterocycles. The van der Waals surface area contributed by atoms with Crippen molar-refractivity contribution in [1.29, 1.82) is 0 Å². The molecule has 21 heteroatoms. The van der Waals surface area contributed by atoms with E-state index in [2.05, 4.69) is 20.2 Å². The fourth-order valence-electron chi connectivity index (χ4n) is 8.70. The molecule has 1 saturated carbocycles. The Balaban J connectivity index is 1.26. The average molecular weight is 913 g/mol. The molecule has 0 radical (unpaired) electrons. The molecule has 2 aliphatic rings. The number of sulfonamides is 1. The summed E-state index contributed by atoms with van der Waals surface area (Å²) < 4.78 is 133. The van der Waals surface area contributed by atoms with Crippen molar-refractivity contribution in [3.8, 4) is 16.8 Å². The third-order valence-electron chi connectivity index (χ3n) is 11.3. The summed E-state index contributed by atoms with van der Waals surface area (Å²) in [5, 5.41) is 10.8. The summed E-state index contributed by atoms with van der Waals surface area (Å²) in [6.07, 6.45) is -2.83.